The molecule has 3 rings (SSSR count). The van der Waals surface area contributed by atoms with Crippen molar-refractivity contribution in [3.63, 3.8) is 0 Å². The molecule has 0 aromatic carbocycles. The molecule has 1 amide bonds. The molecule has 1 N–H and O–H groups in total. The van der Waals surface area contributed by atoms with Gasteiger partial charge >= 0.3 is 0 Å². The van der Waals surface area contributed by atoms with Crippen LogP contribution < -0.4 is 5.32 Å². The molecule has 0 bridgehead atoms. The van der Waals surface area contributed by atoms with Gasteiger partial charge in [-0.1, -0.05) is 12.5 Å². The molecular formula is C14H15NOS2. The third kappa shape index (κ3) is 2.35. The number of nitrogens with one attached hydrogen (secondary N) is 1. The summed E-state index contributed by atoms with van der Waals surface area (Å²) < 4.78 is 0. The summed E-state index contributed by atoms with van der Waals surface area (Å²) in [6, 6.07) is 6.25. The van der Waals surface area contributed by atoms with E-state index in [0.29, 0.717) is 0 Å². The monoisotopic (exact) mass is 277 g/mol. The number of thiophene rings is 2. The van der Waals surface area contributed by atoms with Gasteiger partial charge in [-0.3, -0.25) is 4.79 Å². The van der Waals surface area contributed by atoms with Crippen molar-refractivity contribution in [3.8, 4) is 0 Å². The van der Waals surface area contributed by atoms with Crippen LogP contribution in [0, 0.1) is 5.92 Å². The van der Waals surface area contributed by atoms with E-state index in [9.17, 15) is 4.79 Å². The van der Waals surface area contributed by atoms with Crippen LogP contribution in [0.1, 0.15) is 35.7 Å². The first-order valence-corrected chi connectivity index (χ1v) is 8.03. The fourth-order valence-electron chi connectivity index (χ4n) is 2.14. The van der Waals surface area contributed by atoms with Crippen molar-refractivity contribution in [1.82, 2.24) is 5.32 Å². The van der Waals surface area contributed by atoms with Gasteiger partial charge in [0.2, 0.25) is 5.91 Å². The van der Waals surface area contributed by atoms with E-state index in [1.807, 2.05) is 6.07 Å². The third-order valence-corrected chi connectivity index (χ3v) is 5.11. The number of hydrogen-bond acceptors (Lipinski definition) is 3. The molecule has 1 fully saturated rings. The second kappa shape index (κ2) is 5.24. The van der Waals surface area contributed by atoms with E-state index in [0.717, 1.165) is 12.8 Å². The van der Waals surface area contributed by atoms with E-state index in [2.05, 4.69) is 33.6 Å². The van der Waals surface area contributed by atoms with Gasteiger partial charge in [0.1, 0.15) is 0 Å². The van der Waals surface area contributed by atoms with Crippen LogP contribution >= 0.6 is 22.7 Å². The molecule has 0 aliphatic heterocycles. The third-order valence-electron chi connectivity index (χ3n) is 3.47. The molecule has 0 spiro atoms. The SMILES string of the molecule is O=C(N[C@H](c1ccsc1)c1cccs1)C1CCC1. The minimum Gasteiger partial charge on any atom is -0.344 e. The van der Waals surface area contributed by atoms with Crippen molar-refractivity contribution in [2.24, 2.45) is 5.92 Å². The first-order chi connectivity index (χ1) is 8.84. The summed E-state index contributed by atoms with van der Waals surface area (Å²) in [4.78, 5) is 13.3. The molecule has 4 heteroatoms. The van der Waals surface area contributed by atoms with Gasteiger partial charge in [0.05, 0.1) is 6.04 Å². The Morgan fingerprint density at radius 3 is 2.78 bits per heavy atom. The fraction of sp³-hybridized carbons (Fsp3) is 0.357. The molecule has 2 aromatic heterocycles. The number of carbonyl (C=O) groups excluding carboxylic acids is 1. The number of carbonyl (C=O) groups is 1. The molecule has 94 valence electrons. The maximum absolute atomic E-state index is 12.1. The molecule has 0 radical (unpaired) electrons. The average molecular weight is 277 g/mol. The summed E-state index contributed by atoms with van der Waals surface area (Å²) in [5.41, 5.74) is 1.19. The zero-order valence-electron chi connectivity index (χ0n) is 9.96. The summed E-state index contributed by atoms with van der Waals surface area (Å²) in [5, 5.41) is 9.44. The predicted octanol–water partition coefficient (Wildman–Crippen LogP) is 3.82. The molecule has 18 heavy (non-hydrogen) atoms. The zero-order chi connectivity index (χ0) is 12.4. The first-order valence-electron chi connectivity index (χ1n) is 6.20. The summed E-state index contributed by atoms with van der Waals surface area (Å²) in [6.07, 6.45) is 3.29. The van der Waals surface area contributed by atoms with E-state index < -0.39 is 0 Å². The highest BCUT2D eigenvalue weighted by Gasteiger charge is 2.28. The van der Waals surface area contributed by atoms with Gasteiger partial charge in [-0.05, 0) is 46.7 Å². The van der Waals surface area contributed by atoms with E-state index >= 15 is 0 Å². The van der Waals surface area contributed by atoms with Gasteiger partial charge in [-0.15, -0.1) is 11.3 Å². The largest absolute Gasteiger partial charge is 0.344 e. The van der Waals surface area contributed by atoms with Crippen molar-refractivity contribution in [2.45, 2.75) is 25.3 Å². The molecule has 2 heterocycles. The Hall–Kier alpha value is -1.13. The minimum absolute atomic E-state index is 0.0318. The number of hydrogen-bond donors (Lipinski definition) is 1. The van der Waals surface area contributed by atoms with Gasteiger partial charge < -0.3 is 5.32 Å². The van der Waals surface area contributed by atoms with Crippen molar-refractivity contribution >= 4 is 28.6 Å². The van der Waals surface area contributed by atoms with Crippen molar-refractivity contribution in [2.75, 3.05) is 0 Å². The molecule has 1 aliphatic rings. The second-order valence-electron chi connectivity index (χ2n) is 4.64. The zero-order valence-corrected chi connectivity index (χ0v) is 11.6. The second-order valence-corrected chi connectivity index (χ2v) is 6.40. The maximum Gasteiger partial charge on any atom is 0.223 e. The number of amides is 1. The quantitative estimate of drug-likeness (QED) is 0.904. The molecule has 1 aliphatic carbocycles. The summed E-state index contributed by atoms with van der Waals surface area (Å²) in [7, 11) is 0. The lowest BCUT2D eigenvalue weighted by Gasteiger charge is -2.27. The molecule has 1 atom stereocenters. The Morgan fingerprint density at radius 2 is 2.22 bits per heavy atom. The van der Waals surface area contributed by atoms with Gasteiger partial charge in [0.25, 0.3) is 0 Å². The van der Waals surface area contributed by atoms with Crippen LogP contribution in [-0.2, 0) is 4.79 Å². The smallest absolute Gasteiger partial charge is 0.223 e. The van der Waals surface area contributed by atoms with Gasteiger partial charge in [0, 0.05) is 10.8 Å². The summed E-state index contributed by atoms with van der Waals surface area (Å²) in [6.45, 7) is 0. The Bertz CT molecular complexity index is 466. The van der Waals surface area contributed by atoms with Gasteiger partial charge in [-0.25, -0.2) is 0 Å². The van der Waals surface area contributed by atoms with Crippen LogP contribution in [0.5, 0.6) is 0 Å². The molecule has 0 unspecified atom stereocenters. The van der Waals surface area contributed by atoms with E-state index in [-0.39, 0.29) is 17.9 Å². The van der Waals surface area contributed by atoms with Crippen molar-refractivity contribution in [3.05, 3.63) is 44.8 Å². The lowest BCUT2D eigenvalue weighted by atomic mass is 9.84. The lowest BCUT2D eigenvalue weighted by molar-refractivity contribution is -0.127. The van der Waals surface area contributed by atoms with Crippen LogP contribution in [-0.4, -0.2) is 5.91 Å². The van der Waals surface area contributed by atoms with Crippen molar-refractivity contribution < 1.29 is 4.79 Å². The molecular weight excluding hydrogens is 262 g/mol. The van der Waals surface area contributed by atoms with E-state index in [4.69, 9.17) is 0 Å². The fourth-order valence-corrected chi connectivity index (χ4v) is 3.63. The van der Waals surface area contributed by atoms with Crippen LogP contribution in [0.3, 0.4) is 0 Å². The normalized spacial score (nSPS) is 17.1. The Labute approximate surface area is 115 Å². The predicted molar refractivity (Wildman–Crippen MR) is 76.0 cm³/mol. The molecule has 1 saturated carbocycles. The van der Waals surface area contributed by atoms with Gasteiger partial charge in [-0.2, -0.15) is 11.3 Å². The van der Waals surface area contributed by atoms with E-state index in [1.54, 1.807) is 22.7 Å². The Morgan fingerprint density at radius 1 is 1.33 bits per heavy atom. The standard InChI is InChI=1S/C14H15NOS2/c16-14(10-3-1-4-10)15-13(11-6-8-17-9-11)12-5-2-7-18-12/h2,5-10,13H,1,3-4H2,(H,15,16)/t13-/m1/s1. The van der Waals surface area contributed by atoms with Gasteiger partial charge in [0.15, 0.2) is 0 Å². The average Bonchev–Trinajstić information content (AvgIpc) is 2.97. The maximum atomic E-state index is 12.1. The molecule has 0 saturated heterocycles. The lowest BCUT2D eigenvalue weighted by Crippen LogP contribution is -2.37. The van der Waals surface area contributed by atoms with Crippen LogP contribution in [0.15, 0.2) is 34.3 Å². The summed E-state index contributed by atoms with van der Waals surface area (Å²) >= 11 is 3.37. The molecule has 2 aromatic rings. The highest BCUT2D eigenvalue weighted by Crippen LogP contribution is 2.31. The highest BCUT2D eigenvalue weighted by atomic mass is 32.1. The minimum atomic E-state index is 0.0318. The first kappa shape index (κ1) is 11.9. The Kier molecular flexibility index (Phi) is 3.48. The Balaban J connectivity index is 1.79. The number of rotatable bonds is 4. The van der Waals surface area contributed by atoms with Crippen LogP contribution in [0.4, 0.5) is 0 Å². The topological polar surface area (TPSA) is 29.1 Å². The van der Waals surface area contributed by atoms with Crippen molar-refractivity contribution in [1.29, 1.82) is 0 Å². The highest BCUT2D eigenvalue weighted by molar-refractivity contribution is 7.10. The van der Waals surface area contributed by atoms with E-state index in [1.165, 1.54) is 16.9 Å². The summed E-state index contributed by atoms with van der Waals surface area (Å²) in [5.74, 6) is 0.456. The van der Waals surface area contributed by atoms with Crippen LogP contribution in [0.2, 0.25) is 0 Å². The molecule has 2 nitrogen and oxygen atoms in total. The van der Waals surface area contributed by atoms with Crippen LogP contribution in [0.25, 0.3) is 0 Å².